The smallest absolute Gasteiger partial charge is 0.257 e. The first-order chi connectivity index (χ1) is 16.5. The number of amides is 1. The summed E-state index contributed by atoms with van der Waals surface area (Å²) >= 11 is 0. The molecule has 2 rings (SSSR count). The molecule has 0 spiro atoms. The first-order valence-corrected chi connectivity index (χ1v) is 13.1. The first kappa shape index (κ1) is 30.5. The normalized spacial score (nSPS) is 11.1. The maximum atomic E-state index is 12.8. The molecule has 196 valence electrons. The van der Waals surface area contributed by atoms with Crippen molar-refractivity contribution in [3.8, 4) is 11.5 Å². The van der Waals surface area contributed by atoms with Crippen LogP contribution in [-0.4, -0.2) is 52.1 Å². The summed E-state index contributed by atoms with van der Waals surface area (Å²) in [4.78, 5) is 17.0. The second-order valence-corrected chi connectivity index (χ2v) is 10.00. The van der Waals surface area contributed by atoms with Crippen molar-refractivity contribution in [2.75, 3.05) is 20.1 Å². The van der Waals surface area contributed by atoms with E-state index in [1.165, 1.54) is 37.6 Å². The van der Waals surface area contributed by atoms with Gasteiger partial charge in [-0.1, -0.05) is 58.4 Å². The van der Waals surface area contributed by atoms with E-state index in [-0.39, 0.29) is 28.9 Å². The van der Waals surface area contributed by atoms with E-state index in [1.54, 1.807) is 18.0 Å². The summed E-state index contributed by atoms with van der Waals surface area (Å²) in [5.74, 6) is -0.388. The van der Waals surface area contributed by atoms with Gasteiger partial charge in [-0.2, -0.15) is 0 Å². The zero-order valence-electron chi connectivity index (χ0n) is 23.5. The van der Waals surface area contributed by atoms with Gasteiger partial charge in [0.05, 0.1) is 5.56 Å². The van der Waals surface area contributed by atoms with E-state index < -0.39 is 0 Å². The Labute approximate surface area is 213 Å². The third kappa shape index (κ3) is 9.21. The number of phenols is 2. The van der Waals surface area contributed by atoms with Gasteiger partial charge in [0.2, 0.25) is 0 Å². The van der Waals surface area contributed by atoms with Gasteiger partial charge in [-0.05, 0) is 81.8 Å². The highest BCUT2D eigenvalue weighted by molar-refractivity contribution is 5.97. The van der Waals surface area contributed by atoms with Crippen LogP contribution in [0.1, 0.15) is 99.8 Å². The van der Waals surface area contributed by atoms with Gasteiger partial charge >= 0.3 is 0 Å². The summed E-state index contributed by atoms with van der Waals surface area (Å²) < 4.78 is 0. The first-order valence-electron chi connectivity index (χ1n) is 13.1. The number of benzene rings is 2. The summed E-state index contributed by atoms with van der Waals surface area (Å²) in [6, 6.07) is 9.83. The predicted octanol–water partition coefficient (Wildman–Crippen LogP) is 6.88. The molecule has 0 saturated heterocycles. The van der Waals surface area contributed by atoms with Crippen molar-refractivity contribution >= 4 is 5.91 Å². The number of carbonyl (C=O) groups excluding carboxylic acids is 1. The summed E-state index contributed by atoms with van der Waals surface area (Å²) in [6.07, 6.45) is 3.45. The quantitative estimate of drug-likeness (QED) is 0.386. The van der Waals surface area contributed by atoms with Crippen LogP contribution in [0.25, 0.3) is 0 Å². The van der Waals surface area contributed by atoms with Crippen molar-refractivity contribution in [2.45, 2.75) is 93.2 Å². The summed E-state index contributed by atoms with van der Waals surface area (Å²) in [5, 5.41) is 20.1. The second-order valence-electron chi connectivity index (χ2n) is 10.00. The van der Waals surface area contributed by atoms with Crippen molar-refractivity contribution in [3.05, 3.63) is 58.1 Å². The highest BCUT2D eigenvalue weighted by Gasteiger charge is 2.20. The van der Waals surface area contributed by atoms with Gasteiger partial charge in [0.15, 0.2) is 0 Å². The topological polar surface area (TPSA) is 64.0 Å². The molecule has 0 aliphatic heterocycles. The van der Waals surface area contributed by atoms with Crippen LogP contribution in [0, 0.1) is 6.92 Å². The van der Waals surface area contributed by atoms with Gasteiger partial charge < -0.3 is 20.0 Å². The number of phenolic OH excluding ortho intramolecular Hbond substituents is 2. The van der Waals surface area contributed by atoms with E-state index in [0.717, 1.165) is 23.6 Å². The molecule has 0 aromatic heterocycles. The molecular weight excluding hydrogens is 436 g/mol. The minimum Gasteiger partial charge on any atom is -0.508 e. The third-order valence-electron chi connectivity index (χ3n) is 6.25. The Hall–Kier alpha value is -2.53. The van der Waals surface area contributed by atoms with Gasteiger partial charge in [-0.15, -0.1) is 0 Å². The Morgan fingerprint density at radius 1 is 0.886 bits per heavy atom. The lowest BCUT2D eigenvalue weighted by atomic mass is 9.98. The van der Waals surface area contributed by atoms with Crippen LogP contribution < -0.4 is 0 Å². The molecule has 0 heterocycles. The Balaban J connectivity index is 0.000000518. The van der Waals surface area contributed by atoms with Gasteiger partial charge in [0.25, 0.3) is 5.91 Å². The van der Waals surface area contributed by atoms with E-state index >= 15 is 0 Å². The van der Waals surface area contributed by atoms with Crippen LogP contribution in [0.4, 0.5) is 0 Å². The van der Waals surface area contributed by atoms with Gasteiger partial charge in [-0.3, -0.25) is 4.79 Å². The zero-order chi connectivity index (χ0) is 26.7. The van der Waals surface area contributed by atoms with E-state index in [4.69, 9.17) is 0 Å². The molecule has 0 atom stereocenters. The summed E-state index contributed by atoms with van der Waals surface area (Å²) in [6.45, 7) is 20.0. The molecule has 5 heteroatoms. The fourth-order valence-electron chi connectivity index (χ4n) is 4.21. The summed E-state index contributed by atoms with van der Waals surface area (Å²) in [5.41, 5.74) is 4.35. The Kier molecular flexibility index (Phi) is 12.9. The Bertz CT molecular complexity index is 931. The number of carbonyl (C=O) groups is 1. The number of aromatic hydroxyl groups is 2. The Morgan fingerprint density at radius 2 is 1.49 bits per heavy atom. The lowest BCUT2D eigenvalue weighted by molar-refractivity contribution is 0.0781. The van der Waals surface area contributed by atoms with Gasteiger partial charge in [-0.25, -0.2) is 0 Å². The lowest BCUT2D eigenvalue weighted by Gasteiger charge is -2.24. The fourth-order valence-corrected chi connectivity index (χ4v) is 4.21. The van der Waals surface area contributed by atoms with Crippen LogP contribution in [0.2, 0.25) is 0 Å². The van der Waals surface area contributed by atoms with Crippen LogP contribution in [0.5, 0.6) is 11.5 Å². The fraction of sp³-hybridized carbons (Fsp3) is 0.567. The molecule has 35 heavy (non-hydrogen) atoms. The summed E-state index contributed by atoms with van der Waals surface area (Å²) in [7, 11) is 1.73. The minimum absolute atomic E-state index is 0.0126. The lowest BCUT2D eigenvalue weighted by Crippen LogP contribution is -2.32. The largest absolute Gasteiger partial charge is 0.508 e. The number of nitrogens with zero attached hydrogens (tertiary/aromatic N) is 2. The highest BCUT2D eigenvalue weighted by Crippen LogP contribution is 2.33. The van der Waals surface area contributed by atoms with Crippen molar-refractivity contribution in [1.82, 2.24) is 9.80 Å². The maximum Gasteiger partial charge on any atom is 0.257 e. The average Bonchev–Trinajstić information content (AvgIpc) is 2.78. The zero-order valence-corrected chi connectivity index (χ0v) is 23.5. The number of aryl methyl sites for hydroxylation is 2. The number of hydrogen-bond acceptors (Lipinski definition) is 4. The molecule has 0 saturated carbocycles. The molecule has 5 nitrogen and oxygen atoms in total. The van der Waals surface area contributed by atoms with E-state index in [2.05, 4.69) is 57.7 Å². The molecule has 2 N–H and O–H groups in total. The van der Waals surface area contributed by atoms with E-state index in [0.29, 0.717) is 12.1 Å². The molecule has 2 aromatic carbocycles. The number of rotatable bonds is 10. The van der Waals surface area contributed by atoms with Crippen molar-refractivity contribution in [3.63, 3.8) is 0 Å². The van der Waals surface area contributed by atoms with E-state index in [9.17, 15) is 15.0 Å². The average molecular weight is 485 g/mol. The maximum absolute atomic E-state index is 12.8. The van der Waals surface area contributed by atoms with Crippen molar-refractivity contribution in [1.29, 1.82) is 0 Å². The second kappa shape index (κ2) is 14.8. The molecule has 0 unspecified atom stereocenters. The molecular formula is C30H48N2O3. The molecule has 1 amide bonds. The van der Waals surface area contributed by atoms with Crippen molar-refractivity contribution < 1.29 is 15.0 Å². The molecule has 2 aromatic rings. The Morgan fingerprint density at radius 3 is 1.97 bits per heavy atom. The van der Waals surface area contributed by atoms with Gasteiger partial charge in [0, 0.05) is 25.7 Å². The minimum atomic E-state index is -0.261. The third-order valence-corrected chi connectivity index (χ3v) is 6.25. The molecule has 0 aliphatic rings. The molecule has 0 bridgehead atoms. The van der Waals surface area contributed by atoms with Crippen LogP contribution in [-0.2, 0) is 13.0 Å². The highest BCUT2D eigenvalue weighted by atomic mass is 16.3. The monoisotopic (exact) mass is 484 g/mol. The SMILES string of the molecule is CCCN(CCC)C(C)C.CCc1ccc(C)cc1CN(C)C(=O)c1cc(C(C)C)c(O)cc1O. The van der Waals surface area contributed by atoms with E-state index in [1.807, 2.05) is 20.8 Å². The van der Waals surface area contributed by atoms with Crippen LogP contribution in [0.15, 0.2) is 30.3 Å². The molecule has 0 aliphatic carbocycles. The predicted molar refractivity (Wildman–Crippen MR) is 148 cm³/mol. The van der Waals surface area contributed by atoms with Crippen LogP contribution >= 0.6 is 0 Å². The van der Waals surface area contributed by atoms with Crippen molar-refractivity contribution in [2.24, 2.45) is 0 Å². The number of hydrogen-bond donors (Lipinski definition) is 2. The molecule has 0 fully saturated rings. The van der Waals surface area contributed by atoms with Crippen LogP contribution in [0.3, 0.4) is 0 Å². The molecule has 0 radical (unpaired) electrons. The van der Waals surface area contributed by atoms with Gasteiger partial charge in [0.1, 0.15) is 11.5 Å². The standard InChI is InChI=1S/C21H27NO3.C9H21N/c1-6-15-8-7-14(4)9-16(15)12-22(5)21(25)18-10-17(13(2)3)19(23)11-20(18)24;1-5-7-10(8-6-2)9(3)4/h7-11,13,23-24H,6,12H2,1-5H3;9H,5-8H2,1-4H3.